The number of amides is 2. The van der Waals surface area contributed by atoms with E-state index < -0.39 is 28.5 Å². The topological polar surface area (TPSA) is 86.8 Å². The van der Waals surface area contributed by atoms with Crippen molar-refractivity contribution in [2.75, 3.05) is 17.9 Å². The number of nitrogens with one attached hydrogen (secondary N) is 1. The SMILES string of the molecule is CNC(=O)C(Cc1ccccc1)N(Cc1ccc(Cl)cc1)C(=O)CN(c1ccc(C)c(Cl)c1)S(=O)(=O)c1ccc(C)cc1. The third-order valence-corrected chi connectivity index (χ3v) is 9.56. The molecule has 0 aliphatic heterocycles. The van der Waals surface area contributed by atoms with Crippen LogP contribution in [0.15, 0.2) is 102 Å². The molecule has 4 aromatic carbocycles. The van der Waals surface area contributed by atoms with Gasteiger partial charge in [0, 0.05) is 30.1 Å². The first kappa shape index (κ1) is 32.1. The Kier molecular flexibility index (Phi) is 10.5. The Morgan fingerprint density at radius 1 is 0.837 bits per heavy atom. The van der Waals surface area contributed by atoms with E-state index in [1.807, 2.05) is 44.2 Å². The van der Waals surface area contributed by atoms with Gasteiger partial charge in [-0.05, 0) is 66.9 Å². The lowest BCUT2D eigenvalue weighted by molar-refractivity contribution is -0.139. The van der Waals surface area contributed by atoms with Crippen molar-refractivity contribution in [3.8, 4) is 0 Å². The van der Waals surface area contributed by atoms with Gasteiger partial charge in [0.15, 0.2) is 0 Å². The predicted molar refractivity (Wildman–Crippen MR) is 172 cm³/mol. The zero-order chi connectivity index (χ0) is 31.1. The summed E-state index contributed by atoms with van der Waals surface area (Å²) in [5.74, 6) is -0.940. The minimum atomic E-state index is -4.21. The minimum absolute atomic E-state index is 0.0268. The van der Waals surface area contributed by atoms with Crippen LogP contribution in [0.4, 0.5) is 5.69 Å². The number of nitrogens with zero attached hydrogens (tertiary/aromatic N) is 2. The molecular weight excluding hydrogens is 605 g/mol. The van der Waals surface area contributed by atoms with Crippen molar-refractivity contribution in [2.45, 2.75) is 37.8 Å². The Labute approximate surface area is 263 Å². The highest BCUT2D eigenvalue weighted by Gasteiger charge is 2.34. The summed E-state index contributed by atoms with van der Waals surface area (Å²) >= 11 is 12.5. The zero-order valence-corrected chi connectivity index (χ0v) is 26.5. The first-order valence-electron chi connectivity index (χ1n) is 13.6. The van der Waals surface area contributed by atoms with Gasteiger partial charge in [-0.15, -0.1) is 0 Å². The normalized spacial score (nSPS) is 11.9. The second kappa shape index (κ2) is 14.1. The van der Waals surface area contributed by atoms with Gasteiger partial charge in [-0.25, -0.2) is 8.42 Å². The summed E-state index contributed by atoms with van der Waals surface area (Å²) in [5, 5.41) is 3.56. The third kappa shape index (κ3) is 7.96. The Balaban J connectivity index is 1.80. The number of rotatable bonds is 11. The molecule has 1 unspecified atom stereocenters. The molecule has 0 saturated carbocycles. The average Bonchev–Trinajstić information content (AvgIpc) is 3.00. The van der Waals surface area contributed by atoms with Crippen molar-refractivity contribution in [2.24, 2.45) is 0 Å². The summed E-state index contributed by atoms with van der Waals surface area (Å²) in [4.78, 5) is 29.1. The highest BCUT2D eigenvalue weighted by atomic mass is 35.5. The van der Waals surface area contributed by atoms with Crippen LogP contribution in [-0.2, 0) is 32.6 Å². The van der Waals surface area contributed by atoms with E-state index in [2.05, 4.69) is 5.32 Å². The number of sulfonamides is 1. The first-order valence-corrected chi connectivity index (χ1v) is 15.8. The molecule has 224 valence electrons. The summed E-state index contributed by atoms with van der Waals surface area (Å²) in [6.45, 7) is 3.15. The molecule has 10 heteroatoms. The average molecular weight is 639 g/mol. The molecular formula is C33H33Cl2N3O4S. The molecule has 0 aliphatic rings. The molecule has 0 radical (unpaired) electrons. The summed E-state index contributed by atoms with van der Waals surface area (Å²) in [6, 6.07) is 26.6. The second-order valence-electron chi connectivity index (χ2n) is 10.2. The Morgan fingerprint density at radius 2 is 1.49 bits per heavy atom. The van der Waals surface area contributed by atoms with E-state index in [0.717, 1.165) is 26.6 Å². The van der Waals surface area contributed by atoms with Gasteiger partial charge in [0.25, 0.3) is 10.0 Å². The number of carbonyl (C=O) groups excluding carboxylic acids is 2. The van der Waals surface area contributed by atoms with Crippen molar-refractivity contribution in [1.29, 1.82) is 0 Å². The molecule has 0 bridgehead atoms. The molecule has 1 N–H and O–H groups in total. The van der Waals surface area contributed by atoms with E-state index in [1.54, 1.807) is 48.5 Å². The predicted octanol–water partition coefficient (Wildman–Crippen LogP) is 6.19. The molecule has 7 nitrogen and oxygen atoms in total. The van der Waals surface area contributed by atoms with Crippen LogP contribution in [0.25, 0.3) is 0 Å². The fourth-order valence-corrected chi connectivity index (χ4v) is 6.32. The number of anilines is 1. The maximum Gasteiger partial charge on any atom is 0.264 e. The molecule has 4 aromatic rings. The molecule has 0 saturated heterocycles. The zero-order valence-electron chi connectivity index (χ0n) is 24.1. The van der Waals surface area contributed by atoms with Gasteiger partial charge in [-0.2, -0.15) is 0 Å². The number of aryl methyl sites for hydroxylation is 2. The van der Waals surface area contributed by atoms with Gasteiger partial charge < -0.3 is 10.2 Å². The Hall–Kier alpha value is -3.85. The molecule has 43 heavy (non-hydrogen) atoms. The lowest BCUT2D eigenvalue weighted by atomic mass is 10.0. The highest BCUT2D eigenvalue weighted by molar-refractivity contribution is 7.92. The fraction of sp³-hybridized carbons (Fsp3) is 0.212. The number of hydrogen-bond acceptors (Lipinski definition) is 4. The molecule has 0 spiro atoms. The molecule has 4 rings (SSSR count). The number of halogens is 2. The molecule has 0 heterocycles. The lowest BCUT2D eigenvalue weighted by Gasteiger charge is -2.33. The molecule has 2 amide bonds. The van der Waals surface area contributed by atoms with Gasteiger partial charge in [-0.3, -0.25) is 13.9 Å². The number of carbonyl (C=O) groups is 2. The third-order valence-electron chi connectivity index (χ3n) is 7.11. The second-order valence-corrected chi connectivity index (χ2v) is 12.9. The monoisotopic (exact) mass is 637 g/mol. The van der Waals surface area contributed by atoms with E-state index in [9.17, 15) is 18.0 Å². The van der Waals surface area contributed by atoms with Gasteiger partial charge in [0.2, 0.25) is 11.8 Å². The van der Waals surface area contributed by atoms with E-state index >= 15 is 0 Å². The lowest BCUT2D eigenvalue weighted by Crippen LogP contribution is -2.53. The summed E-state index contributed by atoms with van der Waals surface area (Å²) in [5.41, 5.74) is 3.46. The number of benzene rings is 4. The van der Waals surface area contributed by atoms with E-state index in [-0.39, 0.29) is 29.5 Å². The van der Waals surface area contributed by atoms with Crippen molar-refractivity contribution in [3.05, 3.63) is 129 Å². The van der Waals surface area contributed by atoms with Crippen LogP contribution >= 0.6 is 23.2 Å². The highest BCUT2D eigenvalue weighted by Crippen LogP contribution is 2.29. The summed E-state index contributed by atoms with van der Waals surface area (Å²) in [7, 11) is -2.70. The van der Waals surface area contributed by atoms with Crippen LogP contribution in [0, 0.1) is 13.8 Å². The first-order chi connectivity index (χ1) is 20.5. The number of likely N-dealkylation sites (N-methyl/N-ethyl adjacent to an activating group) is 1. The molecule has 0 aromatic heterocycles. The molecule has 0 aliphatic carbocycles. The maximum atomic E-state index is 14.3. The van der Waals surface area contributed by atoms with Crippen LogP contribution in [0.1, 0.15) is 22.3 Å². The molecule has 0 fully saturated rings. The maximum absolute atomic E-state index is 14.3. The quantitative estimate of drug-likeness (QED) is 0.212. The standard InChI is InChI=1S/C33H33Cl2N3O4S/c1-23-9-17-29(18-10-23)43(41,42)38(28-16-11-24(2)30(35)20-28)22-32(39)37(21-26-12-14-27(34)15-13-26)31(33(40)36-3)19-25-7-5-4-6-8-25/h4-18,20,31H,19,21-22H2,1-3H3,(H,36,40). The van der Waals surface area contributed by atoms with Gasteiger partial charge in [0.05, 0.1) is 10.6 Å². The van der Waals surface area contributed by atoms with E-state index in [1.165, 1.54) is 30.1 Å². The Bertz CT molecular complexity index is 1680. The summed E-state index contributed by atoms with van der Waals surface area (Å²) in [6.07, 6.45) is 0.223. The van der Waals surface area contributed by atoms with Gasteiger partial charge in [-0.1, -0.05) is 89.4 Å². The smallest absolute Gasteiger partial charge is 0.264 e. The minimum Gasteiger partial charge on any atom is -0.357 e. The number of hydrogen-bond donors (Lipinski definition) is 1. The van der Waals surface area contributed by atoms with Crippen LogP contribution in [0.5, 0.6) is 0 Å². The van der Waals surface area contributed by atoms with Crippen molar-refractivity contribution in [3.63, 3.8) is 0 Å². The van der Waals surface area contributed by atoms with Crippen LogP contribution in [-0.4, -0.2) is 44.8 Å². The summed E-state index contributed by atoms with van der Waals surface area (Å²) < 4.78 is 29.2. The van der Waals surface area contributed by atoms with Crippen LogP contribution in [0.2, 0.25) is 10.0 Å². The van der Waals surface area contributed by atoms with Gasteiger partial charge in [0.1, 0.15) is 12.6 Å². The van der Waals surface area contributed by atoms with E-state index in [0.29, 0.717) is 10.0 Å². The Morgan fingerprint density at radius 3 is 2.09 bits per heavy atom. The van der Waals surface area contributed by atoms with Crippen molar-refractivity contribution < 1.29 is 18.0 Å². The van der Waals surface area contributed by atoms with Gasteiger partial charge >= 0.3 is 0 Å². The fourth-order valence-electron chi connectivity index (χ4n) is 4.61. The van der Waals surface area contributed by atoms with Crippen LogP contribution in [0.3, 0.4) is 0 Å². The van der Waals surface area contributed by atoms with Crippen LogP contribution < -0.4 is 9.62 Å². The van der Waals surface area contributed by atoms with Crippen molar-refractivity contribution >= 4 is 50.7 Å². The largest absolute Gasteiger partial charge is 0.357 e. The van der Waals surface area contributed by atoms with Crippen molar-refractivity contribution in [1.82, 2.24) is 10.2 Å². The van der Waals surface area contributed by atoms with E-state index in [4.69, 9.17) is 23.2 Å². The molecule has 1 atom stereocenters.